The number of carbonyl (C=O) groups is 1. The van der Waals surface area contributed by atoms with Crippen molar-refractivity contribution in [1.29, 1.82) is 0 Å². The molecule has 0 aliphatic carbocycles. The van der Waals surface area contributed by atoms with Crippen molar-refractivity contribution in [2.75, 3.05) is 5.32 Å². The van der Waals surface area contributed by atoms with Crippen molar-refractivity contribution in [3.8, 4) is 5.69 Å². The SMILES string of the molecule is Cc1ccccc1NC(=O)c1cnn(-c2ccccc2)c1C(F)(F)F. The van der Waals surface area contributed by atoms with Crippen molar-refractivity contribution in [3.05, 3.63) is 77.6 Å². The quantitative estimate of drug-likeness (QED) is 0.762. The smallest absolute Gasteiger partial charge is 0.322 e. The lowest BCUT2D eigenvalue weighted by atomic mass is 10.1. The molecule has 25 heavy (non-hydrogen) atoms. The van der Waals surface area contributed by atoms with E-state index in [4.69, 9.17) is 0 Å². The van der Waals surface area contributed by atoms with Crippen LogP contribution in [0.25, 0.3) is 5.69 Å². The van der Waals surface area contributed by atoms with Crippen LogP contribution in [0.5, 0.6) is 0 Å². The fraction of sp³-hybridized carbons (Fsp3) is 0.111. The molecule has 1 aromatic heterocycles. The van der Waals surface area contributed by atoms with Crippen LogP contribution in [0, 0.1) is 6.92 Å². The number of halogens is 3. The van der Waals surface area contributed by atoms with E-state index in [2.05, 4.69) is 10.4 Å². The summed E-state index contributed by atoms with van der Waals surface area (Å²) in [5.74, 6) is -0.858. The van der Waals surface area contributed by atoms with Gasteiger partial charge in [0.05, 0.1) is 17.4 Å². The van der Waals surface area contributed by atoms with Crippen LogP contribution in [0.3, 0.4) is 0 Å². The molecular weight excluding hydrogens is 331 g/mol. The highest BCUT2D eigenvalue weighted by atomic mass is 19.4. The fourth-order valence-corrected chi connectivity index (χ4v) is 2.46. The summed E-state index contributed by atoms with van der Waals surface area (Å²) in [5.41, 5.74) is -0.206. The lowest BCUT2D eigenvalue weighted by Crippen LogP contribution is -2.21. The molecule has 128 valence electrons. The molecule has 0 radical (unpaired) electrons. The van der Waals surface area contributed by atoms with Crippen molar-refractivity contribution in [3.63, 3.8) is 0 Å². The lowest BCUT2D eigenvalue weighted by molar-refractivity contribution is -0.143. The number of aromatic nitrogens is 2. The molecule has 0 saturated carbocycles. The van der Waals surface area contributed by atoms with E-state index in [0.717, 1.165) is 16.4 Å². The summed E-state index contributed by atoms with van der Waals surface area (Å²) in [6.07, 6.45) is -3.80. The summed E-state index contributed by atoms with van der Waals surface area (Å²) >= 11 is 0. The molecule has 0 fully saturated rings. The summed E-state index contributed by atoms with van der Waals surface area (Å²) < 4.78 is 41.4. The van der Waals surface area contributed by atoms with Gasteiger partial charge in [0.15, 0.2) is 5.69 Å². The predicted octanol–water partition coefficient (Wildman–Crippen LogP) is 4.45. The van der Waals surface area contributed by atoms with Gasteiger partial charge in [-0.3, -0.25) is 4.79 Å². The Bertz CT molecular complexity index is 901. The number of hydrogen-bond acceptors (Lipinski definition) is 2. The minimum Gasteiger partial charge on any atom is -0.322 e. The Kier molecular flexibility index (Phi) is 4.31. The number of benzene rings is 2. The largest absolute Gasteiger partial charge is 0.434 e. The standard InChI is InChI=1S/C18H14F3N3O/c1-12-7-5-6-10-15(12)23-17(25)14-11-22-24(16(14)18(19,20)21)13-8-3-2-4-9-13/h2-11H,1H3,(H,23,25). The second kappa shape index (κ2) is 6.43. The zero-order valence-corrected chi connectivity index (χ0v) is 13.2. The molecule has 1 heterocycles. The Morgan fingerprint density at radius 2 is 1.68 bits per heavy atom. The number of nitrogens with zero attached hydrogens (tertiary/aromatic N) is 2. The van der Waals surface area contributed by atoms with Crippen LogP contribution in [-0.2, 0) is 6.18 Å². The maximum atomic E-state index is 13.6. The highest BCUT2D eigenvalue weighted by molar-refractivity contribution is 6.05. The zero-order valence-electron chi connectivity index (χ0n) is 13.2. The van der Waals surface area contributed by atoms with Crippen LogP contribution in [0.15, 0.2) is 60.8 Å². The van der Waals surface area contributed by atoms with Crippen LogP contribution in [-0.4, -0.2) is 15.7 Å². The van der Waals surface area contributed by atoms with Gasteiger partial charge in [0.1, 0.15) is 0 Å². The predicted molar refractivity (Wildman–Crippen MR) is 87.7 cm³/mol. The first kappa shape index (κ1) is 16.8. The average Bonchev–Trinajstić information content (AvgIpc) is 3.03. The Morgan fingerprint density at radius 1 is 1.04 bits per heavy atom. The molecule has 3 rings (SSSR count). The van der Waals surface area contributed by atoms with Gasteiger partial charge >= 0.3 is 6.18 Å². The molecule has 0 bridgehead atoms. The van der Waals surface area contributed by atoms with Gasteiger partial charge in [-0.25, -0.2) is 4.68 Å². The molecule has 2 aromatic carbocycles. The van der Waals surface area contributed by atoms with E-state index < -0.39 is 23.3 Å². The van der Waals surface area contributed by atoms with Gasteiger partial charge in [-0.1, -0.05) is 36.4 Å². The minimum absolute atomic E-state index is 0.227. The maximum absolute atomic E-state index is 13.6. The number of nitrogens with one attached hydrogen (secondary N) is 1. The number of rotatable bonds is 3. The summed E-state index contributed by atoms with van der Waals surface area (Å²) in [4.78, 5) is 12.4. The normalized spacial score (nSPS) is 11.4. The maximum Gasteiger partial charge on any atom is 0.434 e. The van der Waals surface area contributed by atoms with Gasteiger partial charge in [-0.05, 0) is 30.7 Å². The van der Waals surface area contributed by atoms with Gasteiger partial charge in [-0.2, -0.15) is 18.3 Å². The van der Waals surface area contributed by atoms with Gasteiger partial charge in [0, 0.05) is 5.69 Å². The molecule has 7 heteroatoms. The minimum atomic E-state index is -4.73. The molecule has 0 aliphatic heterocycles. The third-order valence-electron chi connectivity index (χ3n) is 3.68. The first-order valence-electron chi connectivity index (χ1n) is 7.45. The monoisotopic (exact) mass is 345 g/mol. The molecular formula is C18H14F3N3O. The summed E-state index contributed by atoms with van der Waals surface area (Å²) in [7, 11) is 0. The van der Waals surface area contributed by atoms with Gasteiger partial charge in [0.25, 0.3) is 5.91 Å². The zero-order chi connectivity index (χ0) is 18.0. The van der Waals surface area contributed by atoms with E-state index >= 15 is 0 Å². The topological polar surface area (TPSA) is 46.9 Å². The molecule has 3 aromatic rings. The van der Waals surface area contributed by atoms with E-state index in [0.29, 0.717) is 5.69 Å². The summed E-state index contributed by atoms with van der Waals surface area (Å²) in [6.45, 7) is 1.76. The third-order valence-corrected chi connectivity index (χ3v) is 3.68. The lowest BCUT2D eigenvalue weighted by Gasteiger charge is -2.13. The molecule has 0 saturated heterocycles. The number of para-hydroxylation sites is 2. The second-order valence-electron chi connectivity index (χ2n) is 5.42. The van der Waals surface area contributed by atoms with E-state index in [-0.39, 0.29) is 5.69 Å². The molecule has 4 nitrogen and oxygen atoms in total. The highest BCUT2D eigenvalue weighted by Crippen LogP contribution is 2.34. The van der Waals surface area contributed by atoms with Crippen molar-refractivity contribution < 1.29 is 18.0 Å². The van der Waals surface area contributed by atoms with E-state index in [1.807, 2.05) is 0 Å². The number of anilines is 1. The Labute approximate surface area is 141 Å². The Hall–Kier alpha value is -3.09. The molecule has 1 N–H and O–H groups in total. The van der Waals surface area contributed by atoms with Gasteiger partial charge in [0.2, 0.25) is 0 Å². The summed E-state index contributed by atoms with van der Waals surface area (Å²) in [6, 6.07) is 14.7. The molecule has 0 atom stereocenters. The molecule has 0 aliphatic rings. The van der Waals surface area contributed by atoms with Crippen molar-refractivity contribution in [2.24, 2.45) is 0 Å². The first-order chi connectivity index (χ1) is 11.9. The average molecular weight is 345 g/mol. The van der Waals surface area contributed by atoms with Crippen molar-refractivity contribution in [2.45, 2.75) is 13.1 Å². The van der Waals surface area contributed by atoms with E-state index in [1.165, 1.54) is 12.1 Å². The number of hydrogen-bond donors (Lipinski definition) is 1. The fourth-order valence-electron chi connectivity index (χ4n) is 2.46. The van der Waals surface area contributed by atoms with Crippen LogP contribution in [0.1, 0.15) is 21.6 Å². The van der Waals surface area contributed by atoms with Crippen molar-refractivity contribution in [1.82, 2.24) is 9.78 Å². The van der Waals surface area contributed by atoms with Crippen LogP contribution < -0.4 is 5.32 Å². The Morgan fingerprint density at radius 3 is 2.32 bits per heavy atom. The van der Waals surface area contributed by atoms with Crippen LogP contribution in [0.2, 0.25) is 0 Å². The number of aryl methyl sites for hydroxylation is 1. The molecule has 1 amide bonds. The third kappa shape index (κ3) is 3.40. The van der Waals surface area contributed by atoms with Gasteiger partial charge in [-0.15, -0.1) is 0 Å². The second-order valence-corrected chi connectivity index (χ2v) is 5.42. The Balaban J connectivity index is 2.04. The number of amides is 1. The summed E-state index contributed by atoms with van der Waals surface area (Å²) in [5, 5.41) is 6.29. The van der Waals surface area contributed by atoms with E-state index in [1.54, 1.807) is 49.4 Å². The van der Waals surface area contributed by atoms with Crippen LogP contribution >= 0.6 is 0 Å². The van der Waals surface area contributed by atoms with Crippen molar-refractivity contribution >= 4 is 11.6 Å². The number of alkyl halides is 3. The molecule has 0 unspecified atom stereocenters. The molecule has 0 spiro atoms. The number of carbonyl (C=O) groups excluding carboxylic acids is 1. The van der Waals surface area contributed by atoms with Crippen LogP contribution in [0.4, 0.5) is 18.9 Å². The van der Waals surface area contributed by atoms with Gasteiger partial charge < -0.3 is 5.32 Å². The first-order valence-corrected chi connectivity index (χ1v) is 7.45. The highest BCUT2D eigenvalue weighted by Gasteiger charge is 2.40. The van der Waals surface area contributed by atoms with E-state index in [9.17, 15) is 18.0 Å².